The van der Waals surface area contributed by atoms with Crippen LogP contribution in [0, 0.1) is 16.0 Å². The largest absolute Gasteiger partial charge is 0.444 e. The van der Waals surface area contributed by atoms with Crippen LogP contribution in [0.2, 0.25) is 0 Å². The van der Waals surface area contributed by atoms with Gasteiger partial charge in [-0.15, -0.1) is 0 Å². The molecule has 14 heteroatoms. The topological polar surface area (TPSA) is 189 Å². The summed E-state index contributed by atoms with van der Waals surface area (Å²) in [7, 11) is 0. The number of carbonyl (C=O) groups is 5. The molecule has 0 bridgehead atoms. The van der Waals surface area contributed by atoms with Gasteiger partial charge in [-0.2, -0.15) is 0 Å². The summed E-state index contributed by atoms with van der Waals surface area (Å²) in [6, 6.07) is 1.63. The second-order valence-corrected chi connectivity index (χ2v) is 11.8. The van der Waals surface area contributed by atoms with Crippen molar-refractivity contribution < 1.29 is 33.6 Å². The third-order valence-corrected chi connectivity index (χ3v) is 6.38. The standard InChI is InChI=1S/C28H42N6O8/c1-16(2)15-21(24(36)31-19-10-12-20(13-11-19)34(40)41)32-25(37)22-9-8-14-33(22)26(38)18(4)29-23(35)17(3)30-27(39)42-28(5,6)7/h10-13,16-18,21-22H,8-9,14-15H2,1-7H3,(H,29,35)(H,30,39)(H,31,36)(H,32,37)/t17-,18-,21-,22-/m0/s1. The number of anilines is 1. The van der Waals surface area contributed by atoms with E-state index in [1.165, 1.54) is 43.0 Å². The van der Waals surface area contributed by atoms with Gasteiger partial charge in [0.1, 0.15) is 29.8 Å². The molecule has 1 saturated heterocycles. The lowest BCUT2D eigenvalue weighted by molar-refractivity contribution is -0.384. The van der Waals surface area contributed by atoms with Gasteiger partial charge >= 0.3 is 6.09 Å². The average molecular weight is 591 g/mol. The van der Waals surface area contributed by atoms with Gasteiger partial charge < -0.3 is 30.9 Å². The lowest BCUT2D eigenvalue weighted by Crippen LogP contribution is -2.56. The zero-order valence-electron chi connectivity index (χ0n) is 25.2. The number of nitrogens with one attached hydrogen (secondary N) is 4. The van der Waals surface area contributed by atoms with Crippen molar-refractivity contribution in [2.24, 2.45) is 5.92 Å². The molecule has 1 fully saturated rings. The van der Waals surface area contributed by atoms with Crippen LogP contribution in [0.5, 0.6) is 0 Å². The third-order valence-electron chi connectivity index (χ3n) is 6.38. The molecule has 0 unspecified atom stereocenters. The first kappa shape index (κ1) is 34.0. The molecule has 1 aromatic carbocycles. The number of amides is 5. The Morgan fingerprint density at radius 1 is 0.976 bits per heavy atom. The highest BCUT2D eigenvalue weighted by Gasteiger charge is 2.38. The fourth-order valence-electron chi connectivity index (χ4n) is 4.37. The number of alkyl carbamates (subject to hydrolysis) is 1. The summed E-state index contributed by atoms with van der Waals surface area (Å²) < 4.78 is 5.15. The van der Waals surface area contributed by atoms with E-state index in [-0.39, 0.29) is 11.6 Å². The molecule has 4 atom stereocenters. The van der Waals surface area contributed by atoms with E-state index < -0.39 is 64.4 Å². The summed E-state index contributed by atoms with van der Waals surface area (Å²) in [5.74, 6) is -2.01. The molecule has 0 aliphatic carbocycles. The van der Waals surface area contributed by atoms with Gasteiger partial charge in [0.15, 0.2) is 0 Å². The van der Waals surface area contributed by atoms with Gasteiger partial charge in [-0.1, -0.05) is 13.8 Å². The highest BCUT2D eigenvalue weighted by Crippen LogP contribution is 2.20. The number of benzene rings is 1. The van der Waals surface area contributed by atoms with Gasteiger partial charge in [-0.05, 0) is 71.9 Å². The first-order chi connectivity index (χ1) is 19.5. The van der Waals surface area contributed by atoms with E-state index in [9.17, 15) is 34.1 Å². The van der Waals surface area contributed by atoms with Crippen LogP contribution in [0.3, 0.4) is 0 Å². The van der Waals surface area contributed by atoms with E-state index in [1.54, 1.807) is 20.8 Å². The first-order valence-corrected chi connectivity index (χ1v) is 13.9. The highest BCUT2D eigenvalue weighted by molar-refractivity contribution is 5.99. The van der Waals surface area contributed by atoms with Crippen molar-refractivity contribution in [2.75, 3.05) is 11.9 Å². The van der Waals surface area contributed by atoms with Crippen LogP contribution >= 0.6 is 0 Å². The summed E-state index contributed by atoms with van der Waals surface area (Å²) in [6.07, 6.45) is 0.493. The van der Waals surface area contributed by atoms with Gasteiger partial charge in [0.25, 0.3) is 5.69 Å². The predicted octanol–water partition coefficient (Wildman–Crippen LogP) is 2.47. The Hall–Kier alpha value is -4.23. The summed E-state index contributed by atoms with van der Waals surface area (Å²) in [5.41, 5.74) is -0.523. The SMILES string of the molecule is CC(C)C[C@H](NC(=O)[C@@H]1CCCN1C(=O)[C@H](C)NC(=O)[C@H](C)NC(=O)OC(C)(C)C)C(=O)Nc1ccc([N+](=O)[O-])cc1. The van der Waals surface area contributed by atoms with Crippen LogP contribution in [-0.4, -0.2) is 75.9 Å². The van der Waals surface area contributed by atoms with Crippen molar-refractivity contribution >= 4 is 41.1 Å². The number of carbonyl (C=O) groups excluding carboxylic acids is 5. The monoisotopic (exact) mass is 590 g/mol. The molecule has 1 aliphatic heterocycles. The molecule has 1 heterocycles. The summed E-state index contributed by atoms with van der Waals surface area (Å²) in [4.78, 5) is 75.9. The van der Waals surface area contributed by atoms with Crippen LogP contribution in [0.4, 0.5) is 16.2 Å². The number of non-ortho nitro benzene ring substituents is 1. The van der Waals surface area contributed by atoms with E-state index in [1.807, 2.05) is 13.8 Å². The van der Waals surface area contributed by atoms with E-state index in [2.05, 4.69) is 21.3 Å². The number of ether oxygens (including phenoxy) is 1. The molecule has 232 valence electrons. The Kier molecular flexibility index (Phi) is 11.8. The Balaban J connectivity index is 2.02. The molecule has 42 heavy (non-hydrogen) atoms. The Labute approximate surface area is 245 Å². The van der Waals surface area contributed by atoms with Gasteiger partial charge in [0.05, 0.1) is 4.92 Å². The highest BCUT2D eigenvalue weighted by atomic mass is 16.6. The van der Waals surface area contributed by atoms with Crippen LogP contribution in [0.25, 0.3) is 0 Å². The normalized spacial score (nSPS) is 17.0. The zero-order valence-corrected chi connectivity index (χ0v) is 25.2. The van der Waals surface area contributed by atoms with Crippen molar-refractivity contribution in [3.05, 3.63) is 34.4 Å². The fraction of sp³-hybridized carbons (Fsp3) is 0.607. The van der Waals surface area contributed by atoms with Crippen molar-refractivity contribution in [3.8, 4) is 0 Å². The van der Waals surface area contributed by atoms with Crippen molar-refractivity contribution in [1.29, 1.82) is 0 Å². The summed E-state index contributed by atoms with van der Waals surface area (Å²) >= 11 is 0. The molecule has 0 spiro atoms. The number of nitro benzene ring substituents is 1. The molecule has 14 nitrogen and oxygen atoms in total. The van der Waals surface area contributed by atoms with Crippen LogP contribution in [0.15, 0.2) is 24.3 Å². The van der Waals surface area contributed by atoms with Crippen molar-refractivity contribution in [1.82, 2.24) is 20.9 Å². The molecule has 0 radical (unpaired) electrons. The molecule has 2 rings (SSSR count). The van der Waals surface area contributed by atoms with Crippen LogP contribution in [0.1, 0.15) is 67.7 Å². The van der Waals surface area contributed by atoms with Gasteiger partial charge in [0, 0.05) is 24.4 Å². The maximum Gasteiger partial charge on any atom is 0.408 e. The third kappa shape index (κ3) is 10.3. The van der Waals surface area contributed by atoms with Gasteiger partial charge in [-0.3, -0.25) is 29.3 Å². The second kappa shape index (κ2) is 14.6. The predicted molar refractivity (Wildman–Crippen MR) is 154 cm³/mol. The maximum absolute atomic E-state index is 13.3. The summed E-state index contributed by atoms with van der Waals surface area (Å²) in [6.45, 7) is 12.1. The molecular weight excluding hydrogens is 548 g/mol. The molecule has 0 saturated carbocycles. The minimum Gasteiger partial charge on any atom is -0.444 e. The minimum atomic E-state index is -0.981. The number of rotatable bonds is 11. The maximum atomic E-state index is 13.3. The smallest absolute Gasteiger partial charge is 0.408 e. The molecule has 1 aromatic rings. The lowest BCUT2D eigenvalue weighted by Gasteiger charge is -2.29. The number of hydrogen-bond donors (Lipinski definition) is 4. The van der Waals surface area contributed by atoms with Crippen LogP contribution < -0.4 is 21.3 Å². The zero-order chi connectivity index (χ0) is 31.8. The Morgan fingerprint density at radius 3 is 2.14 bits per heavy atom. The Morgan fingerprint density at radius 2 is 1.60 bits per heavy atom. The van der Waals surface area contributed by atoms with E-state index in [0.29, 0.717) is 31.5 Å². The van der Waals surface area contributed by atoms with E-state index >= 15 is 0 Å². The number of likely N-dealkylation sites (tertiary alicyclic amines) is 1. The minimum absolute atomic E-state index is 0.0470. The summed E-state index contributed by atoms with van der Waals surface area (Å²) in [5, 5.41) is 21.3. The number of hydrogen-bond acceptors (Lipinski definition) is 8. The van der Waals surface area contributed by atoms with Crippen molar-refractivity contribution in [2.45, 2.75) is 97.5 Å². The van der Waals surface area contributed by atoms with E-state index in [4.69, 9.17) is 4.74 Å². The van der Waals surface area contributed by atoms with Crippen LogP contribution in [-0.2, 0) is 23.9 Å². The van der Waals surface area contributed by atoms with Gasteiger partial charge in [0.2, 0.25) is 23.6 Å². The number of nitrogens with zero attached hydrogens (tertiary/aromatic N) is 2. The second-order valence-electron chi connectivity index (χ2n) is 11.8. The fourth-order valence-corrected chi connectivity index (χ4v) is 4.37. The molecule has 1 aliphatic rings. The Bertz CT molecular complexity index is 1160. The average Bonchev–Trinajstić information content (AvgIpc) is 3.36. The lowest BCUT2D eigenvalue weighted by atomic mass is 10.0. The first-order valence-electron chi connectivity index (χ1n) is 13.9. The quantitative estimate of drug-likeness (QED) is 0.223. The van der Waals surface area contributed by atoms with E-state index in [0.717, 1.165) is 0 Å². The molecule has 5 amide bonds. The van der Waals surface area contributed by atoms with Crippen molar-refractivity contribution in [3.63, 3.8) is 0 Å². The number of nitro groups is 1. The van der Waals surface area contributed by atoms with Gasteiger partial charge in [-0.25, -0.2) is 4.79 Å². The molecule has 4 N–H and O–H groups in total. The molecule has 0 aromatic heterocycles. The molecular formula is C28H42N6O8.